The van der Waals surface area contributed by atoms with Gasteiger partial charge >= 0.3 is 0 Å². The number of hydrogen-bond acceptors (Lipinski definition) is 1. The molecule has 0 aromatic carbocycles. The molecule has 0 rings (SSSR count). The fraction of sp³-hybridized carbons (Fsp3) is 0.714. The molecule has 0 aromatic heterocycles. The molecule has 0 saturated carbocycles. The lowest BCUT2D eigenvalue weighted by atomic mass is 10.1. The Bertz CT molecular complexity index is 78.9. The quantitative estimate of drug-likeness (QED) is 0.511. The molecular formula is C7H12N. The van der Waals surface area contributed by atoms with E-state index in [1.165, 1.54) is 0 Å². The Morgan fingerprint density at radius 3 is 2.62 bits per heavy atom. The van der Waals surface area contributed by atoms with E-state index >= 15 is 0 Å². The predicted octanol–water partition coefficient (Wildman–Crippen LogP) is 2.15. The predicted molar refractivity (Wildman–Crippen MR) is 34.0 cm³/mol. The highest BCUT2D eigenvalue weighted by Gasteiger charge is 1.91. The minimum Gasteiger partial charge on any atom is -0.198 e. The highest BCUT2D eigenvalue weighted by atomic mass is 14.2. The second-order valence-electron chi connectivity index (χ2n) is 2.28. The van der Waals surface area contributed by atoms with Gasteiger partial charge in [0.25, 0.3) is 0 Å². The van der Waals surface area contributed by atoms with Crippen molar-refractivity contribution in [3.63, 3.8) is 0 Å². The van der Waals surface area contributed by atoms with Gasteiger partial charge in [0, 0.05) is 6.42 Å². The van der Waals surface area contributed by atoms with Gasteiger partial charge in [-0.25, -0.2) is 0 Å². The summed E-state index contributed by atoms with van der Waals surface area (Å²) in [7, 11) is 0. The first-order valence-corrected chi connectivity index (χ1v) is 2.96. The van der Waals surface area contributed by atoms with Crippen molar-refractivity contribution in [1.29, 1.82) is 5.26 Å². The summed E-state index contributed by atoms with van der Waals surface area (Å²) in [6.07, 6.45) is 3.68. The molecule has 0 saturated heterocycles. The zero-order chi connectivity index (χ0) is 6.41. The van der Waals surface area contributed by atoms with E-state index in [-0.39, 0.29) is 0 Å². The van der Waals surface area contributed by atoms with E-state index in [1.807, 2.05) is 6.42 Å². The Morgan fingerprint density at radius 2 is 2.25 bits per heavy atom. The van der Waals surface area contributed by atoms with Crippen LogP contribution in [0, 0.1) is 23.7 Å². The minimum absolute atomic E-state index is 0.595. The smallest absolute Gasteiger partial charge is 0.0624 e. The zero-order valence-electron chi connectivity index (χ0n) is 5.52. The summed E-state index contributed by atoms with van der Waals surface area (Å²) < 4.78 is 0. The van der Waals surface area contributed by atoms with E-state index in [4.69, 9.17) is 5.26 Å². The molecule has 0 aliphatic rings. The lowest BCUT2D eigenvalue weighted by Crippen LogP contribution is -1.85. The molecule has 0 unspecified atom stereocenters. The maximum absolute atomic E-state index is 8.10. The summed E-state index contributed by atoms with van der Waals surface area (Å²) in [6.45, 7) is 4.29. The van der Waals surface area contributed by atoms with Crippen molar-refractivity contribution in [1.82, 2.24) is 0 Å². The van der Waals surface area contributed by atoms with Gasteiger partial charge < -0.3 is 0 Å². The van der Waals surface area contributed by atoms with Crippen LogP contribution in [-0.4, -0.2) is 0 Å². The van der Waals surface area contributed by atoms with E-state index < -0.39 is 0 Å². The number of nitrogens with zero attached hydrogens (tertiary/aromatic N) is 1. The summed E-state index contributed by atoms with van der Waals surface area (Å²) in [5, 5.41) is 8.10. The maximum atomic E-state index is 8.10. The Labute approximate surface area is 51.3 Å². The Hall–Kier alpha value is -0.510. The van der Waals surface area contributed by atoms with Gasteiger partial charge in [-0.15, -0.1) is 0 Å². The van der Waals surface area contributed by atoms with Gasteiger partial charge in [0.1, 0.15) is 0 Å². The van der Waals surface area contributed by atoms with Gasteiger partial charge in [0.15, 0.2) is 0 Å². The molecular weight excluding hydrogens is 98.1 g/mol. The van der Waals surface area contributed by atoms with Gasteiger partial charge in [0.2, 0.25) is 0 Å². The molecule has 0 aliphatic heterocycles. The second kappa shape index (κ2) is 4.64. The van der Waals surface area contributed by atoms with E-state index in [0.717, 1.165) is 6.42 Å². The van der Waals surface area contributed by atoms with Gasteiger partial charge in [0.05, 0.1) is 6.07 Å². The minimum atomic E-state index is 0.595. The van der Waals surface area contributed by atoms with E-state index in [0.29, 0.717) is 12.3 Å². The third-order valence-corrected chi connectivity index (χ3v) is 0.874. The monoisotopic (exact) mass is 110 g/mol. The molecule has 0 fully saturated rings. The van der Waals surface area contributed by atoms with Crippen LogP contribution in [0.2, 0.25) is 0 Å². The first kappa shape index (κ1) is 7.49. The number of nitriles is 1. The van der Waals surface area contributed by atoms with E-state index in [1.54, 1.807) is 0 Å². The first-order valence-electron chi connectivity index (χ1n) is 2.96. The lowest BCUT2D eigenvalue weighted by Gasteiger charge is -1.97. The van der Waals surface area contributed by atoms with Crippen molar-refractivity contribution >= 4 is 0 Å². The summed E-state index contributed by atoms with van der Waals surface area (Å²) in [4.78, 5) is 0. The molecule has 45 valence electrons. The largest absolute Gasteiger partial charge is 0.198 e. The van der Waals surface area contributed by atoms with E-state index in [9.17, 15) is 0 Å². The normalized spacial score (nSPS) is 9.25. The van der Waals surface area contributed by atoms with Gasteiger partial charge in [-0.3, -0.25) is 0 Å². The van der Waals surface area contributed by atoms with Crippen molar-refractivity contribution in [3.8, 4) is 6.07 Å². The molecule has 0 atom stereocenters. The molecule has 0 bridgehead atoms. The van der Waals surface area contributed by atoms with Crippen LogP contribution in [0.1, 0.15) is 26.7 Å². The molecule has 0 aromatic rings. The van der Waals surface area contributed by atoms with Gasteiger partial charge in [-0.05, 0) is 18.8 Å². The van der Waals surface area contributed by atoms with Crippen LogP contribution in [-0.2, 0) is 0 Å². The molecule has 0 N–H and O–H groups in total. The second-order valence-corrected chi connectivity index (χ2v) is 2.28. The Kier molecular flexibility index (Phi) is 4.35. The summed E-state index contributed by atoms with van der Waals surface area (Å²) in [6, 6.07) is 2.07. The third kappa shape index (κ3) is 5.49. The van der Waals surface area contributed by atoms with Crippen molar-refractivity contribution in [2.75, 3.05) is 0 Å². The Morgan fingerprint density at radius 1 is 1.62 bits per heavy atom. The Balaban J connectivity index is 2.85. The van der Waals surface area contributed by atoms with Crippen molar-refractivity contribution in [2.45, 2.75) is 26.7 Å². The molecule has 1 nitrogen and oxygen atoms in total. The van der Waals surface area contributed by atoms with Crippen molar-refractivity contribution in [3.05, 3.63) is 6.42 Å². The third-order valence-electron chi connectivity index (χ3n) is 0.874. The first-order chi connectivity index (χ1) is 3.77. The summed E-state index contributed by atoms with van der Waals surface area (Å²) in [5.74, 6) is 0.698. The van der Waals surface area contributed by atoms with E-state index in [2.05, 4.69) is 19.9 Å². The summed E-state index contributed by atoms with van der Waals surface area (Å²) in [5.41, 5.74) is 0. The molecule has 0 amide bonds. The SMILES string of the molecule is CC(C)C[CH]CC#N. The van der Waals surface area contributed by atoms with Gasteiger partial charge in [-0.1, -0.05) is 13.8 Å². The molecule has 0 spiro atoms. The molecule has 0 heterocycles. The van der Waals surface area contributed by atoms with Crippen LogP contribution >= 0.6 is 0 Å². The van der Waals surface area contributed by atoms with Crippen LogP contribution in [0.15, 0.2) is 0 Å². The average molecular weight is 110 g/mol. The highest BCUT2D eigenvalue weighted by Crippen LogP contribution is 2.03. The molecule has 0 aliphatic carbocycles. The van der Waals surface area contributed by atoms with Crippen LogP contribution in [0.25, 0.3) is 0 Å². The fourth-order valence-corrected chi connectivity index (χ4v) is 0.481. The number of rotatable bonds is 3. The van der Waals surface area contributed by atoms with Crippen molar-refractivity contribution in [2.24, 2.45) is 5.92 Å². The molecule has 8 heavy (non-hydrogen) atoms. The molecule has 1 heteroatoms. The molecule has 1 radical (unpaired) electrons. The number of unbranched alkanes of at least 4 members (excludes halogenated alkanes) is 1. The van der Waals surface area contributed by atoms with Gasteiger partial charge in [-0.2, -0.15) is 5.26 Å². The highest BCUT2D eigenvalue weighted by molar-refractivity contribution is 4.80. The van der Waals surface area contributed by atoms with Crippen LogP contribution < -0.4 is 0 Å². The summed E-state index contributed by atoms with van der Waals surface area (Å²) >= 11 is 0. The fourth-order valence-electron chi connectivity index (χ4n) is 0.481. The van der Waals surface area contributed by atoms with Crippen LogP contribution in [0.3, 0.4) is 0 Å². The van der Waals surface area contributed by atoms with Crippen molar-refractivity contribution < 1.29 is 0 Å². The topological polar surface area (TPSA) is 23.8 Å². The van der Waals surface area contributed by atoms with Crippen LogP contribution in [0.5, 0.6) is 0 Å². The standard InChI is InChI=1S/C7H12N/c1-7(2)5-3-4-6-8/h3,7H,4-5H2,1-2H3. The number of hydrogen-bond donors (Lipinski definition) is 0. The lowest BCUT2D eigenvalue weighted by molar-refractivity contribution is 0.632. The zero-order valence-corrected chi connectivity index (χ0v) is 5.52. The van der Waals surface area contributed by atoms with Crippen LogP contribution in [0.4, 0.5) is 0 Å². The maximum Gasteiger partial charge on any atom is 0.0624 e. The average Bonchev–Trinajstić information content (AvgIpc) is 1.66.